The topological polar surface area (TPSA) is 61.8 Å². The number of benzene rings is 1. The molecule has 1 aromatic rings. The SMILES string of the molecule is Cc1ccc(CNC(=O)N2CCC(CO)CC2)c(OCCC(C)C)c1. The van der Waals surface area contributed by atoms with Gasteiger partial charge in [-0.2, -0.15) is 0 Å². The summed E-state index contributed by atoms with van der Waals surface area (Å²) in [5, 5.41) is 12.2. The number of likely N-dealkylation sites (tertiary alicyclic amines) is 1. The van der Waals surface area contributed by atoms with Gasteiger partial charge < -0.3 is 20.1 Å². The van der Waals surface area contributed by atoms with E-state index in [-0.39, 0.29) is 12.6 Å². The van der Waals surface area contributed by atoms with Crippen LogP contribution in [0, 0.1) is 18.8 Å². The van der Waals surface area contributed by atoms with Gasteiger partial charge in [-0.15, -0.1) is 0 Å². The minimum absolute atomic E-state index is 0.0369. The Morgan fingerprint density at radius 2 is 2.08 bits per heavy atom. The molecule has 0 aliphatic carbocycles. The van der Waals surface area contributed by atoms with Crippen molar-refractivity contribution in [3.63, 3.8) is 0 Å². The fraction of sp³-hybridized carbons (Fsp3) is 0.650. The van der Waals surface area contributed by atoms with Gasteiger partial charge in [-0.25, -0.2) is 4.79 Å². The van der Waals surface area contributed by atoms with Crippen molar-refractivity contribution in [3.8, 4) is 5.75 Å². The molecule has 1 fully saturated rings. The second-order valence-electron chi connectivity index (χ2n) is 7.41. The van der Waals surface area contributed by atoms with Crippen LogP contribution in [0.3, 0.4) is 0 Å². The predicted octanol–water partition coefficient (Wildman–Crippen LogP) is 3.33. The van der Waals surface area contributed by atoms with Crippen molar-refractivity contribution >= 4 is 6.03 Å². The number of piperidine rings is 1. The van der Waals surface area contributed by atoms with Gasteiger partial charge in [-0.05, 0) is 49.7 Å². The molecule has 25 heavy (non-hydrogen) atoms. The summed E-state index contributed by atoms with van der Waals surface area (Å²) in [4.78, 5) is 14.2. The monoisotopic (exact) mass is 348 g/mol. The molecule has 1 saturated heterocycles. The van der Waals surface area contributed by atoms with E-state index in [1.165, 1.54) is 0 Å². The highest BCUT2D eigenvalue weighted by Gasteiger charge is 2.22. The number of aliphatic hydroxyl groups is 1. The molecule has 0 saturated carbocycles. The average Bonchev–Trinajstić information content (AvgIpc) is 2.60. The van der Waals surface area contributed by atoms with E-state index < -0.39 is 0 Å². The zero-order valence-corrected chi connectivity index (χ0v) is 15.8. The predicted molar refractivity (Wildman–Crippen MR) is 99.7 cm³/mol. The standard InChI is InChI=1S/C20H32N2O3/c1-15(2)8-11-25-19-12-16(3)4-5-18(19)13-21-20(24)22-9-6-17(14-23)7-10-22/h4-5,12,15,17,23H,6-11,13-14H2,1-3H3,(H,21,24). The number of nitrogens with one attached hydrogen (secondary N) is 1. The molecular formula is C20H32N2O3. The molecule has 140 valence electrons. The summed E-state index contributed by atoms with van der Waals surface area (Å²) in [6.45, 7) is 9.21. The lowest BCUT2D eigenvalue weighted by Crippen LogP contribution is -2.44. The van der Waals surface area contributed by atoms with E-state index >= 15 is 0 Å². The van der Waals surface area contributed by atoms with Crippen molar-refractivity contribution in [1.29, 1.82) is 0 Å². The highest BCUT2D eigenvalue weighted by molar-refractivity contribution is 5.74. The van der Waals surface area contributed by atoms with Gasteiger partial charge >= 0.3 is 6.03 Å². The van der Waals surface area contributed by atoms with Gasteiger partial charge in [0.2, 0.25) is 0 Å². The fourth-order valence-electron chi connectivity index (χ4n) is 2.95. The summed E-state index contributed by atoms with van der Waals surface area (Å²) < 4.78 is 5.94. The lowest BCUT2D eigenvalue weighted by Gasteiger charge is -2.31. The Kier molecular flexibility index (Phi) is 7.56. The normalized spacial score (nSPS) is 15.5. The van der Waals surface area contributed by atoms with Gasteiger partial charge in [0.05, 0.1) is 6.61 Å². The molecule has 0 unspecified atom stereocenters. The summed E-state index contributed by atoms with van der Waals surface area (Å²) in [5.41, 5.74) is 2.16. The van der Waals surface area contributed by atoms with Crippen molar-refractivity contribution < 1.29 is 14.6 Å². The number of carbonyl (C=O) groups excluding carboxylic acids is 1. The third kappa shape index (κ3) is 6.24. The number of nitrogens with zero attached hydrogens (tertiary/aromatic N) is 1. The third-order valence-corrected chi connectivity index (χ3v) is 4.77. The van der Waals surface area contributed by atoms with Gasteiger partial charge in [0.25, 0.3) is 0 Å². The lowest BCUT2D eigenvalue weighted by atomic mass is 9.98. The Labute approximate surface area is 151 Å². The molecular weight excluding hydrogens is 316 g/mol. The molecule has 2 N–H and O–H groups in total. The van der Waals surface area contributed by atoms with Gasteiger partial charge in [0.1, 0.15) is 5.75 Å². The highest BCUT2D eigenvalue weighted by Crippen LogP contribution is 2.21. The van der Waals surface area contributed by atoms with E-state index in [1.54, 1.807) is 0 Å². The number of aliphatic hydroxyl groups excluding tert-OH is 1. The molecule has 1 aromatic carbocycles. The first-order chi connectivity index (χ1) is 12.0. The molecule has 0 bridgehead atoms. The maximum Gasteiger partial charge on any atom is 0.317 e. The Morgan fingerprint density at radius 1 is 1.36 bits per heavy atom. The second-order valence-corrected chi connectivity index (χ2v) is 7.41. The van der Waals surface area contributed by atoms with Crippen molar-refractivity contribution in [2.45, 2.75) is 46.6 Å². The number of aryl methyl sites for hydroxylation is 1. The van der Waals surface area contributed by atoms with Crippen LogP contribution in [0.15, 0.2) is 18.2 Å². The van der Waals surface area contributed by atoms with Crippen molar-refractivity contribution in [3.05, 3.63) is 29.3 Å². The molecule has 2 amide bonds. The Morgan fingerprint density at radius 3 is 2.72 bits per heavy atom. The summed E-state index contributed by atoms with van der Waals surface area (Å²) in [5.74, 6) is 1.80. The maximum absolute atomic E-state index is 12.4. The second kappa shape index (κ2) is 9.66. The van der Waals surface area contributed by atoms with Crippen LogP contribution in [0.4, 0.5) is 4.79 Å². The minimum Gasteiger partial charge on any atom is -0.493 e. The first-order valence-corrected chi connectivity index (χ1v) is 9.35. The first-order valence-electron chi connectivity index (χ1n) is 9.35. The van der Waals surface area contributed by atoms with E-state index in [4.69, 9.17) is 4.74 Å². The summed E-state index contributed by atoms with van der Waals surface area (Å²) in [7, 11) is 0. The molecule has 5 nitrogen and oxygen atoms in total. The van der Waals surface area contributed by atoms with Crippen LogP contribution < -0.4 is 10.1 Å². The summed E-state index contributed by atoms with van der Waals surface area (Å²) in [6, 6.07) is 6.07. The maximum atomic E-state index is 12.4. The van der Waals surface area contributed by atoms with Crippen LogP contribution >= 0.6 is 0 Å². The Hall–Kier alpha value is -1.75. The van der Waals surface area contributed by atoms with Crippen molar-refractivity contribution in [2.24, 2.45) is 11.8 Å². The zero-order valence-electron chi connectivity index (χ0n) is 15.8. The number of ether oxygens (including phenoxy) is 1. The van der Waals surface area contributed by atoms with E-state index in [2.05, 4.69) is 19.2 Å². The molecule has 0 aromatic heterocycles. The minimum atomic E-state index is -0.0369. The van der Waals surface area contributed by atoms with Gasteiger partial charge in [-0.3, -0.25) is 0 Å². The number of amides is 2. The number of rotatable bonds is 7. The van der Waals surface area contributed by atoms with Crippen molar-refractivity contribution in [1.82, 2.24) is 10.2 Å². The van der Waals surface area contributed by atoms with Crippen LogP contribution in [0.1, 0.15) is 44.2 Å². The van der Waals surface area contributed by atoms with Crippen LogP contribution in [0.25, 0.3) is 0 Å². The molecule has 5 heteroatoms. The lowest BCUT2D eigenvalue weighted by molar-refractivity contribution is 0.137. The summed E-state index contributed by atoms with van der Waals surface area (Å²) in [6.07, 6.45) is 2.76. The van der Waals surface area contributed by atoms with Gasteiger partial charge in [0, 0.05) is 31.8 Å². The molecule has 0 spiro atoms. The molecule has 1 aliphatic heterocycles. The highest BCUT2D eigenvalue weighted by atomic mass is 16.5. The molecule has 2 rings (SSSR count). The first kappa shape index (κ1) is 19.6. The summed E-state index contributed by atoms with van der Waals surface area (Å²) >= 11 is 0. The molecule has 1 aliphatic rings. The molecule has 0 atom stereocenters. The number of carbonyl (C=O) groups is 1. The van der Waals surface area contributed by atoms with E-state index in [1.807, 2.05) is 30.0 Å². The van der Waals surface area contributed by atoms with Crippen LogP contribution in [0.2, 0.25) is 0 Å². The van der Waals surface area contributed by atoms with Gasteiger partial charge in [0.15, 0.2) is 0 Å². The number of hydrogen-bond acceptors (Lipinski definition) is 3. The zero-order chi connectivity index (χ0) is 18.2. The van der Waals surface area contributed by atoms with Crippen molar-refractivity contribution in [2.75, 3.05) is 26.3 Å². The van der Waals surface area contributed by atoms with Crippen LogP contribution in [0.5, 0.6) is 5.75 Å². The quantitative estimate of drug-likeness (QED) is 0.794. The smallest absolute Gasteiger partial charge is 0.317 e. The van der Waals surface area contributed by atoms with Crippen LogP contribution in [-0.2, 0) is 6.54 Å². The Balaban J connectivity index is 1.88. The third-order valence-electron chi connectivity index (χ3n) is 4.77. The molecule has 1 heterocycles. The average molecular weight is 348 g/mol. The molecule has 0 radical (unpaired) electrons. The number of urea groups is 1. The van der Waals surface area contributed by atoms with E-state index in [0.29, 0.717) is 38.1 Å². The fourth-order valence-corrected chi connectivity index (χ4v) is 2.95. The van der Waals surface area contributed by atoms with Crippen LogP contribution in [-0.4, -0.2) is 42.3 Å². The number of hydrogen-bond donors (Lipinski definition) is 2. The van der Waals surface area contributed by atoms with E-state index in [9.17, 15) is 9.90 Å². The van der Waals surface area contributed by atoms with Gasteiger partial charge in [-0.1, -0.05) is 26.0 Å². The largest absolute Gasteiger partial charge is 0.493 e. The Bertz CT molecular complexity index is 552. The van der Waals surface area contributed by atoms with E-state index in [0.717, 1.165) is 36.1 Å².